The van der Waals surface area contributed by atoms with Crippen molar-refractivity contribution in [3.8, 4) is 5.69 Å². The predicted octanol–water partition coefficient (Wildman–Crippen LogP) is 2.33. The van der Waals surface area contributed by atoms with Crippen LogP contribution in [-0.4, -0.2) is 26.0 Å². The number of tetrazole rings is 1. The lowest BCUT2D eigenvalue weighted by molar-refractivity contribution is 0.757. The molecule has 2 aromatic rings. The van der Waals surface area contributed by atoms with E-state index in [0.29, 0.717) is 0 Å². The van der Waals surface area contributed by atoms with Crippen molar-refractivity contribution >= 4 is 11.8 Å². The van der Waals surface area contributed by atoms with E-state index in [9.17, 15) is 0 Å². The third-order valence-corrected chi connectivity index (χ3v) is 2.86. The molecule has 0 N–H and O–H groups in total. The van der Waals surface area contributed by atoms with Crippen LogP contribution in [0, 0.1) is 0 Å². The van der Waals surface area contributed by atoms with Gasteiger partial charge in [-0.05, 0) is 29.5 Å². The van der Waals surface area contributed by atoms with E-state index in [-0.39, 0.29) is 0 Å². The van der Waals surface area contributed by atoms with Crippen LogP contribution >= 0.6 is 11.8 Å². The molecular formula is C11H12N4S. The molecule has 82 valence electrons. The van der Waals surface area contributed by atoms with Crippen LogP contribution in [0.3, 0.4) is 0 Å². The minimum atomic E-state index is 0.810. The molecule has 0 spiro atoms. The van der Waals surface area contributed by atoms with Gasteiger partial charge in [-0.2, -0.15) is 4.68 Å². The van der Waals surface area contributed by atoms with Gasteiger partial charge in [0, 0.05) is 5.75 Å². The first-order chi connectivity index (χ1) is 7.92. The summed E-state index contributed by atoms with van der Waals surface area (Å²) in [5.41, 5.74) is 0.982. The molecular weight excluding hydrogens is 220 g/mol. The molecule has 2 rings (SSSR count). The summed E-state index contributed by atoms with van der Waals surface area (Å²) in [4.78, 5) is 0. The van der Waals surface area contributed by atoms with Crippen LogP contribution in [0.25, 0.3) is 5.69 Å². The van der Waals surface area contributed by atoms with E-state index < -0.39 is 0 Å². The number of hydrogen-bond acceptors (Lipinski definition) is 4. The van der Waals surface area contributed by atoms with Crippen LogP contribution in [0.15, 0.2) is 47.6 Å². The molecule has 0 bridgehead atoms. The van der Waals surface area contributed by atoms with E-state index in [0.717, 1.165) is 16.6 Å². The topological polar surface area (TPSA) is 43.6 Å². The van der Waals surface area contributed by atoms with Gasteiger partial charge in [0.25, 0.3) is 0 Å². The molecule has 0 atom stereocenters. The van der Waals surface area contributed by atoms with Crippen LogP contribution in [0.5, 0.6) is 0 Å². The quantitative estimate of drug-likeness (QED) is 0.599. The number of para-hydroxylation sites is 1. The average Bonchev–Trinajstić information content (AvgIpc) is 2.79. The zero-order valence-electron chi connectivity index (χ0n) is 8.95. The summed E-state index contributed by atoms with van der Waals surface area (Å²) < 4.78 is 1.74. The Labute approximate surface area is 98.4 Å². The fourth-order valence-electron chi connectivity index (χ4n) is 1.22. The minimum absolute atomic E-state index is 0.810. The Kier molecular flexibility index (Phi) is 3.71. The second-order valence-corrected chi connectivity index (χ2v) is 4.08. The Morgan fingerprint density at radius 1 is 1.31 bits per heavy atom. The molecule has 1 aromatic heterocycles. The lowest BCUT2D eigenvalue weighted by Crippen LogP contribution is -1.98. The second-order valence-electron chi connectivity index (χ2n) is 3.09. The van der Waals surface area contributed by atoms with Crippen molar-refractivity contribution in [1.82, 2.24) is 20.2 Å². The van der Waals surface area contributed by atoms with Crippen molar-refractivity contribution in [2.45, 2.75) is 12.1 Å². The Bertz CT molecular complexity index is 464. The highest BCUT2D eigenvalue weighted by molar-refractivity contribution is 7.99. The van der Waals surface area contributed by atoms with E-state index in [1.54, 1.807) is 16.4 Å². The summed E-state index contributed by atoms with van der Waals surface area (Å²) in [7, 11) is 0. The van der Waals surface area contributed by atoms with Crippen LogP contribution in [0.2, 0.25) is 0 Å². The van der Waals surface area contributed by atoms with Crippen molar-refractivity contribution in [3.05, 3.63) is 42.5 Å². The van der Waals surface area contributed by atoms with Gasteiger partial charge in [-0.1, -0.05) is 42.1 Å². The monoisotopic (exact) mass is 232 g/mol. The molecule has 0 saturated heterocycles. The predicted molar refractivity (Wildman–Crippen MR) is 64.7 cm³/mol. The lowest BCUT2D eigenvalue weighted by Gasteiger charge is -2.01. The van der Waals surface area contributed by atoms with Crippen molar-refractivity contribution in [1.29, 1.82) is 0 Å². The van der Waals surface area contributed by atoms with Gasteiger partial charge in [-0.3, -0.25) is 0 Å². The number of benzene rings is 1. The second kappa shape index (κ2) is 5.46. The number of rotatable bonds is 4. The molecule has 1 aromatic carbocycles. The minimum Gasteiger partial charge on any atom is -0.188 e. The number of thioether (sulfide) groups is 1. The largest absolute Gasteiger partial charge is 0.214 e. The van der Waals surface area contributed by atoms with Crippen molar-refractivity contribution in [3.63, 3.8) is 0 Å². The standard InChI is InChI=1S/C11H12N4S/c1-2-3-9-16-11-12-13-14-15(11)10-7-5-4-6-8-10/h2-8H,9H2,1H3/b3-2+. The van der Waals surface area contributed by atoms with Gasteiger partial charge < -0.3 is 0 Å². The normalized spacial score (nSPS) is 11.1. The molecule has 1 heterocycles. The van der Waals surface area contributed by atoms with Gasteiger partial charge in [0.15, 0.2) is 0 Å². The summed E-state index contributed by atoms with van der Waals surface area (Å²) in [5.74, 6) is 0.879. The smallest absolute Gasteiger partial charge is 0.188 e. The van der Waals surface area contributed by atoms with Crippen LogP contribution in [-0.2, 0) is 0 Å². The van der Waals surface area contributed by atoms with E-state index in [1.807, 2.05) is 43.3 Å². The van der Waals surface area contributed by atoms with Crippen LogP contribution in [0.1, 0.15) is 6.92 Å². The zero-order valence-corrected chi connectivity index (χ0v) is 9.76. The highest BCUT2D eigenvalue weighted by atomic mass is 32.2. The molecule has 0 aliphatic heterocycles. The van der Waals surface area contributed by atoms with E-state index in [2.05, 4.69) is 21.6 Å². The van der Waals surface area contributed by atoms with Crippen LogP contribution < -0.4 is 0 Å². The molecule has 0 amide bonds. The van der Waals surface area contributed by atoms with Crippen molar-refractivity contribution in [2.24, 2.45) is 0 Å². The summed E-state index contributed by atoms with van der Waals surface area (Å²) in [6.07, 6.45) is 4.10. The third kappa shape index (κ3) is 2.49. The molecule has 16 heavy (non-hydrogen) atoms. The van der Waals surface area contributed by atoms with E-state index in [4.69, 9.17) is 0 Å². The molecule has 4 nitrogen and oxygen atoms in total. The first-order valence-corrected chi connectivity index (χ1v) is 5.98. The highest BCUT2D eigenvalue weighted by Crippen LogP contribution is 2.17. The fraction of sp³-hybridized carbons (Fsp3) is 0.182. The van der Waals surface area contributed by atoms with Gasteiger partial charge in [0.05, 0.1) is 5.69 Å². The van der Waals surface area contributed by atoms with Gasteiger partial charge in [-0.15, -0.1) is 5.10 Å². The SMILES string of the molecule is C/C=C/CSc1nnnn1-c1ccccc1. The number of hydrogen-bond donors (Lipinski definition) is 0. The third-order valence-electron chi connectivity index (χ3n) is 1.99. The number of aromatic nitrogens is 4. The van der Waals surface area contributed by atoms with Crippen molar-refractivity contribution in [2.75, 3.05) is 5.75 Å². The summed E-state index contributed by atoms with van der Waals surface area (Å²) in [6, 6.07) is 9.88. The van der Waals surface area contributed by atoms with Crippen molar-refractivity contribution < 1.29 is 0 Å². The van der Waals surface area contributed by atoms with E-state index >= 15 is 0 Å². The maximum absolute atomic E-state index is 4.00. The average molecular weight is 232 g/mol. The van der Waals surface area contributed by atoms with Crippen LogP contribution in [0.4, 0.5) is 0 Å². The fourth-order valence-corrected chi connectivity index (χ4v) is 2.02. The van der Waals surface area contributed by atoms with Gasteiger partial charge >= 0.3 is 0 Å². The molecule has 0 aliphatic rings. The molecule has 0 aliphatic carbocycles. The zero-order chi connectivity index (χ0) is 11.2. The molecule has 5 heteroatoms. The molecule has 0 saturated carbocycles. The highest BCUT2D eigenvalue weighted by Gasteiger charge is 2.06. The molecule has 0 fully saturated rings. The van der Waals surface area contributed by atoms with Gasteiger partial charge in [-0.25, -0.2) is 0 Å². The molecule has 0 unspecified atom stereocenters. The maximum Gasteiger partial charge on any atom is 0.214 e. The first-order valence-electron chi connectivity index (χ1n) is 4.99. The first kappa shape index (κ1) is 10.9. The van der Waals surface area contributed by atoms with Gasteiger partial charge in [0.1, 0.15) is 0 Å². The van der Waals surface area contributed by atoms with E-state index in [1.165, 1.54) is 0 Å². The summed E-state index contributed by atoms with van der Waals surface area (Å²) in [5, 5.41) is 12.5. The number of nitrogens with zero attached hydrogens (tertiary/aromatic N) is 4. The van der Waals surface area contributed by atoms with Gasteiger partial charge in [0.2, 0.25) is 5.16 Å². The maximum atomic E-state index is 4.00. The Morgan fingerprint density at radius 2 is 2.12 bits per heavy atom. The number of allylic oxidation sites excluding steroid dienone is 1. The molecule has 0 radical (unpaired) electrons. The lowest BCUT2D eigenvalue weighted by atomic mass is 10.3. The summed E-state index contributed by atoms with van der Waals surface area (Å²) in [6.45, 7) is 2.00. The Morgan fingerprint density at radius 3 is 2.88 bits per heavy atom. The Hall–Kier alpha value is -1.62. The Balaban J connectivity index is 2.19. The summed E-state index contributed by atoms with van der Waals surface area (Å²) >= 11 is 1.61.